The first kappa shape index (κ1) is 15.9. The molecule has 2 N–H and O–H groups in total. The van der Waals surface area contributed by atoms with Crippen LogP contribution in [0.25, 0.3) is 0 Å². The smallest absolute Gasteiger partial charge is 0.240 e. The summed E-state index contributed by atoms with van der Waals surface area (Å²) in [5, 5.41) is 9.43. The van der Waals surface area contributed by atoms with Gasteiger partial charge in [0.2, 0.25) is 10.0 Å². The Morgan fingerprint density at radius 3 is 2.52 bits per heavy atom. The molecular weight excluding hydrogens is 317 g/mol. The first-order valence-corrected chi connectivity index (χ1v) is 7.92. The van der Waals surface area contributed by atoms with Gasteiger partial charge in [0.25, 0.3) is 0 Å². The highest BCUT2D eigenvalue weighted by Crippen LogP contribution is 2.18. The summed E-state index contributed by atoms with van der Waals surface area (Å²) in [4.78, 5) is -0.111. The van der Waals surface area contributed by atoms with Crippen LogP contribution in [0.15, 0.2) is 47.4 Å². The quantitative estimate of drug-likeness (QED) is 0.885. The average Bonchev–Trinajstić information content (AvgIpc) is 2.46. The highest BCUT2D eigenvalue weighted by molar-refractivity contribution is 7.89. The van der Waals surface area contributed by atoms with Crippen molar-refractivity contribution in [2.24, 2.45) is 0 Å². The van der Waals surface area contributed by atoms with Gasteiger partial charge in [0.05, 0.1) is 11.5 Å². The molecule has 0 aromatic heterocycles. The fraction of sp³-hybridized carbons (Fsp3) is 0.143. The molecule has 0 unspecified atom stereocenters. The van der Waals surface area contributed by atoms with Crippen LogP contribution < -0.4 is 4.72 Å². The molecule has 21 heavy (non-hydrogen) atoms. The van der Waals surface area contributed by atoms with E-state index in [1.807, 2.05) is 0 Å². The van der Waals surface area contributed by atoms with Crippen molar-refractivity contribution in [3.63, 3.8) is 0 Å². The minimum absolute atomic E-state index is 0.0217. The van der Waals surface area contributed by atoms with Crippen LogP contribution in [0.1, 0.15) is 11.1 Å². The van der Waals surface area contributed by atoms with Gasteiger partial charge in [-0.15, -0.1) is 0 Å². The van der Waals surface area contributed by atoms with Crippen molar-refractivity contribution in [2.45, 2.75) is 18.0 Å². The van der Waals surface area contributed by atoms with Crippen LogP contribution in [0.5, 0.6) is 0 Å². The molecule has 2 aromatic carbocycles. The maximum Gasteiger partial charge on any atom is 0.240 e. The van der Waals surface area contributed by atoms with Gasteiger partial charge >= 0.3 is 0 Å². The topological polar surface area (TPSA) is 66.4 Å². The fourth-order valence-corrected chi connectivity index (χ4v) is 3.00. The van der Waals surface area contributed by atoms with E-state index in [1.54, 1.807) is 24.3 Å². The molecule has 0 bridgehead atoms. The largest absolute Gasteiger partial charge is 0.392 e. The Morgan fingerprint density at radius 1 is 1.14 bits per heavy atom. The van der Waals surface area contributed by atoms with Gasteiger partial charge in [0, 0.05) is 17.1 Å². The Labute approximate surface area is 127 Å². The number of aliphatic hydroxyl groups is 1. The monoisotopic (exact) mass is 329 g/mol. The van der Waals surface area contributed by atoms with Crippen molar-refractivity contribution in [1.29, 1.82) is 0 Å². The lowest BCUT2D eigenvalue weighted by Gasteiger charge is -2.09. The van der Waals surface area contributed by atoms with Gasteiger partial charge in [-0.2, -0.15) is 0 Å². The maximum absolute atomic E-state index is 13.3. The summed E-state index contributed by atoms with van der Waals surface area (Å²) in [5.41, 5.74) is 0.558. The number of nitrogens with one attached hydrogen (secondary N) is 1. The predicted molar refractivity (Wildman–Crippen MR) is 77.8 cm³/mol. The normalized spacial score (nSPS) is 11.6. The molecule has 2 aromatic rings. The molecule has 0 heterocycles. The Kier molecular flexibility index (Phi) is 4.95. The molecule has 0 aliphatic carbocycles. The van der Waals surface area contributed by atoms with Crippen molar-refractivity contribution in [1.82, 2.24) is 4.72 Å². The third kappa shape index (κ3) is 3.79. The van der Waals surface area contributed by atoms with Gasteiger partial charge in [0.1, 0.15) is 5.82 Å². The first-order chi connectivity index (χ1) is 9.94. The highest BCUT2D eigenvalue weighted by atomic mass is 35.5. The first-order valence-electron chi connectivity index (χ1n) is 6.06. The number of sulfonamides is 1. The second kappa shape index (κ2) is 6.53. The molecular formula is C14H13ClFNO3S. The average molecular weight is 330 g/mol. The Morgan fingerprint density at radius 2 is 1.86 bits per heavy atom. The summed E-state index contributed by atoms with van der Waals surface area (Å²) in [6, 6.07) is 10.1. The summed E-state index contributed by atoms with van der Waals surface area (Å²) in [6.45, 7) is -0.548. The van der Waals surface area contributed by atoms with Crippen molar-refractivity contribution in [3.05, 3.63) is 64.4 Å². The number of hydrogen-bond acceptors (Lipinski definition) is 3. The van der Waals surface area contributed by atoms with Crippen molar-refractivity contribution in [3.8, 4) is 0 Å². The standard InChI is InChI=1S/C14H13ClFNO3S/c15-13-4-2-1-3-10(13)8-17-21(19,20)12-5-6-14(16)11(7-12)9-18/h1-7,17-18H,8-9H2. The Balaban J connectivity index is 2.21. The molecule has 0 aliphatic heterocycles. The number of halogens is 2. The fourth-order valence-electron chi connectivity index (χ4n) is 1.74. The lowest BCUT2D eigenvalue weighted by molar-refractivity contribution is 0.275. The molecule has 2 rings (SSSR count). The van der Waals surface area contributed by atoms with E-state index in [9.17, 15) is 12.8 Å². The van der Waals surface area contributed by atoms with E-state index in [4.69, 9.17) is 16.7 Å². The number of hydrogen-bond donors (Lipinski definition) is 2. The summed E-state index contributed by atoms with van der Waals surface area (Å²) in [5.74, 6) is -0.650. The molecule has 0 saturated heterocycles. The molecule has 0 atom stereocenters. The van der Waals surface area contributed by atoms with Crippen molar-refractivity contribution >= 4 is 21.6 Å². The van der Waals surface area contributed by atoms with E-state index in [-0.39, 0.29) is 17.0 Å². The van der Waals surface area contributed by atoms with Gasteiger partial charge in [-0.25, -0.2) is 17.5 Å². The molecule has 0 radical (unpaired) electrons. The van der Waals surface area contributed by atoms with Gasteiger partial charge < -0.3 is 5.11 Å². The summed E-state index contributed by atoms with van der Waals surface area (Å²) in [6.07, 6.45) is 0. The third-order valence-corrected chi connectivity index (χ3v) is 4.68. The van der Waals surface area contributed by atoms with E-state index >= 15 is 0 Å². The molecule has 0 amide bonds. The molecule has 0 spiro atoms. The maximum atomic E-state index is 13.3. The summed E-state index contributed by atoms with van der Waals surface area (Å²) >= 11 is 5.95. The zero-order chi connectivity index (χ0) is 15.5. The van der Waals surface area contributed by atoms with E-state index in [0.717, 1.165) is 18.2 Å². The zero-order valence-corrected chi connectivity index (χ0v) is 12.5. The summed E-state index contributed by atoms with van der Waals surface area (Å²) in [7, 11) is -3.81. The molecule has 0 aliphatic rings. The van der Waals surface area contributed by atoms with Gasteiger partial charge in [0.15, 0.2) is 0 Å². The minimum Gasteiger partial charge on any atom is -0.392 e. The third-order valence-electron chi connectivity index (χ3n) is 2.91. The van der Waals surface area contributed by atoms with Crippen LogP contribution in [-0.2, 0) is 23.2 Å². The lowest BCUT2D eigenvalue weighted by atomic mass is 10.2. The lowest BCUT2D eigenvalue weighted by Crippen LogP contribution is -2.23. The second-order valence-electron chi connectivity index (χ2n) is 4.33. The number of benzene rings is 2. The van der Waals surface area contributed by atoms with E-state index in [1.165, 1.54) is 0 Å². The van der Waals surface area contributed by atoms with Gasteiger partial charge in [-0.05, 0) is 29.8 Å². The van der Waals surface area contributed by atoms with Crippen molar-refractivity contribution in [2.75, 3.05) is 0 Å². The SMILES string of the molecule is O=S(=O)(NCc1ccccc1Cl)c1ccc(F)c(CO)c1. The van der Waals surface area contributed by atoms with E-state index in [2.05, 4.69) is 4.72 Å². The Bertz CT molecular complexity index is 750. The highest BCUT2D eigenvalue weighted by Gasteiger charge is 2.16. The predicted octanol–water partition coefficient (Wildman–Crippen LogP) is 2.45. The van der Waals surface area contributed by atoms with E-state index in [0.29, 0.717) is 10.6 Å². The van der Waals surface area contributed by atoms with Crippen molar-refractivity contribution < 1.29 is 17.9 Å². The van der Waals surface area contributed by atoms with Crippen LogP contribution in [0.2, 0.25) is 5.02 Å². The van der Waals surface area contributed by atoms with Crippen LogP contribution >= 0.6 is 11.6 Å². The minimum atomic E-state index is -3.81. The Hall–Kier alpha value is -1.47. The molecule has 4 nitrogen and oxygen atoms in total. The van der Waals surface area contributed by atoms with Gasteiger partial charge in [-0.3, -0.25) is 0 Å². The molecule has 7 heteroatoms. The molecule has 0 saturated carbocycles. The number of rotatable bonds is 5. The second-order valence-corrected chi connectivity index (χ2v) is 6.50. The number of aliphatic hydroxyl groups excluding tert-OH is 1. The summed E-state index contributed by atoms with van der Waals surface area (Å²) < 4.78 is 39.9. The van der Waals surface area contributed by atoms with Crippen LogP contribution in [0, 0.1) is 5.82 Å². The molecule has 0 fully saturated rings. The van der Waals surface area contributed by atoms with Crippen LogP contribution in [0.4, 0.5) is 4.39 Å². The zero-order valence-electron chi connectivity index (χ0n) is 10.9. The molecule has 112 valence electrons. The van der Waals surface area contributed by atoms with Crippen LogP contribution in [0.3, 0.4) is 0 Å². The van der Waals surface area contributed by atoms with Gasteiger partial charge in [-0.1, -0.05) is 29.8 Å². The van der Waals surface area contributed by atoms with Crippen LogP contribution in [-0.4, -0.2) is 13.5 Å². The van der Waals surface area contributed by atoms with E-state index < -0.39 is 22.4 Å².